The van der Waals surface area contributed by atoms with Gasteiger partial charge in [-0.1, -0.05) is 18.2 Å². The van der Waals surface area contributed by atoms with Crippen molar-refractivity contribution in [1.82, 2.24) is 4.67 Å². The Morgan fingerprint density at radius 1 is 1.09 bits per heavy atom. The van der Waals surface area contributed by atoms with Gasteiger partial charge in [-0.3, -0.25) is 0 Å². The highest BCUT2D eigenvalue weighted by Crippen LogP contribution is 2.65. The van der Waals surface area contributed by atoms with Crippen LogP contribution in [0.4, 0.5) is 10.1 Å². The summed E-state index contributed by atoms with van der Waals surface area (Å²) in [7, 11) is -3.20. The highest BCUT2D eigenvalue weighted by molar-refractivity contribution is 7.64. The fourth-order valence-electron chi connectivity index (χ4n) is 3.37. The molecule has 0 saturated carbocycles. The van der Waals surface area contributed by atoms with Crippen LogP contribution in [0.15, 0.2) is 54.6 Å². The van der Waals surface area contributed by atoms with Crippen molar-refractivity contribution in [1.29, 1.82) is 0 Å². The van der Waals surface area contributed by atoms with Crippen LogP contribution in [-0.4, -0.2) is 23.8 Å². The summed E-state index contributed by atoms with van der Waals surface area (Å²) in [6, 6.07) is 15.7. The van der Waals surface area contributed by atoms with Crippen molar-refractivity contribution >= 4 is 13.7 Å². The highest BCUT2D eigenvalue weighted by Gasteiger charge is 2.58. The number of anilines is 1. The molecule has 2 fully saturated rings. The summed E-state index contributed by atoms with van der Waals surface area (Å²) in [5, 5.41) is 0. The van der Waals surface area contributed by atoms with E-state index in [9.17, 15) is 9.28 Å². The molecule has 23 heavy (non-hydrogen) atoms. The molecule has 2 aromatic carbocycles. The largest absolute Gasteiger partial charge is 0.614 e. The third kappa shape index (κ3) is 2.59. The lowest BCUT2D eigenvalue weighted by Gasteiger charge is -2.36. The Bertz CT molecular complexity index is 685. The van der Waals surface area contributed by atoms with Crippen LogP contribution in [0.5, 0.6) is 5.75 Å². The monoisotopic (exact) mass is 332 g/mol. The lowest BCUT2D eigenvalue weighted by Crippen LogP contribution is -2.37. The summed E-state index contributed by atoms with van der Waals surface area (Å²) >= 11 is 0. The van der Waals surface area contributed by atoms with Gasteiger partial charge in [0.15, 0.2) is 5.75 Å². The molecule has 0 N–H and O–H groups in total. The first-order valence-corrected chi connectivity index (χ1v) is 9.35. The molecule has 4 nitrogen and oxygen atoms in total. The third-order valence-electron chi connectivity index (χ3n) is 4.45. The second kappa shape index (κ2) is 5.75. The summed E-state index contributed by atoms with van der Waals surface area (Å²) in [5.74, 6) is 0.101. The Morgan fingerprint density at radius 3 is 2.57 bits per heavy atom. The minimum Gasteiger partial charge on any atom is -0.614 e. The number of para-hydroxylation sites is 1. The average molecular weight is 332 g/mol. The molecule has 2 atom stereocenters. The van der Waals surface area contributed by atoms with Crippen LogP contribution in [0.2, 0.25) is 0 Å². The van der Waals surface area contributed by atoms with E-state index in [-0.39, 0.29) is 11.9 Å². The van der Waals surface area contributed by atoms with Crippen LogP contribution in [0.1, 0.15) is 12.8 Å². The first-order chi connectivity index (χ1) is 11.2. The Hall–Kier alpha value is -1.68. The van der Waals surface area contributed by atoms with Crippen molar-refractivity contribution in [2.75, 3.05) is 17.8 Å². The molecule has 1 unspecified atom stereocenters. The van der Waals surface area contributed by atoms with Gasteiger partial charge in [0.25, 0.3) is 0 Å². The molecule has 4 rings (SSSR count). The Balaban J connectivity index is 1.69. The van der Waals surface area contributed by atoms with Crippen molar-refractivity contribution in [3.63, 3.8) is 0 Å². The number of hydrogen-bond donors (Lipinski definition) is 0. The predicted octanol–water partition coefficient (Wildman–Crippen LogP) is 3.23. The van der Waals surface area contributed by atoms with Crippen molar-refractivity contribution in [3.8, 4) is 5.75 Å². The van der Waals surface area contributed by atoms with Crippen LogP contribution in [-0.2, 0) is 0 Å². The SMILES string of the molecule is [O-][P+]1(Oc2ccc(F)cc2)N(c2ccccc2)C[C@@H]2CCCN21. The normalized spacial score (nSPS) is 27.2. The van der Waals surface area contributed by atoms with Crippen LogP contribution in [0.3, 0.4) is 0 Å². The van der Waals surface area contributed by atoms with Gasteiger partial charge in [0.2, 0.25) is 0 Å². The summed E-state index contributed by atoms with van der Waals surface area (Å²) in [6.07, 6.45) is 2.06. The maximum Gasteiger partial charge on any atom is 0.326 e. The molecule has 2 aliphatic rings. The molecular formula is C17H18FN2O2P. The van der Waals surface area contributed by atoms with E-state index >= 15 is 0 Å². The van der Waals surface area contributed by atoms with Crippen LogP contribution in [0, 0.1) is 5.82 Å². The second-order valence-electron chi connectivity index (χ2n) is 5.91. The van der Waals surface area contributed by atoms with E-state index in [1.54, 1.807) is 0 Å². The second-order valence-corrected chi connectivity index (χ2v) is 8.07. The molecular weight excluding hydrogens is 314 g/mol. The van der Waals surface area contributed by atoms with Crippen molar-refractivity contribution in [2.24, 2.45) is 0 Å². The minimum absolute atomic E-state index is 0.251. The van der Waals surface area contributed by atoms with Gasteiger partial charge in [-0.2, -0.15) is 0 Å². The highest BCUT2D eigenvalue weighted by atomic mass is 31.2. The van der Waals surface area contributed by atoms with Crippen LogP contribution >= 0.6 is 8.02 Å². The first kappa shape index (κ1) is 14.9. The van der Waals surface area contributed by atoms with Crippen molar-refractivity contribution < 1.29 is 13.8 Å². The first-order valence-electron chi connectivity index (χ1n) is 7.82. The summed E-state index contributed by atoms with van der Waals surface area (Å²) < 4.78 is 22.9. The number of benzene rings is 2. The molecule has 0 aromatic heterocycles. The van der Waals surface area contributed by atoms with E-state index in [1.807, 2.05) is 39.7 Å². The van der Waals surface area contributed by atoms with Gasteiger partial charge in [-0.15, -0.1) is 4.67 Å². The van der Waals surface area contributed by atoms with Gasteiger partial charge < -0.3 is 9.42 Å². The number of hydrogen-bond acceptors (Lipinski definition) is 4. The summed E-state index contributed by atoms with van der Waals surface area (Å²) in [5.41, 5.74) is 0.896. The molecule has 0 spiro atoms. The van der Waals surface area contributed by atoms with Gasteiger partial charge >= 0.3 is 8.02 Å². The average Bonchev–Trinajstić information content (AvgIpc) is 3.13. The molecule has 2 aromatic rings. The van der Waals surface area contributed by atoms with Gasteiger partial charge in [0, 0.05) is 6.54 Å². The zero-order valence-corrected chi connectivity index (χ0v) is 13.5. The maximum atomic E-state index is 13.7. The molecule has 2 heterocycles. The van der Waals surface area contributed by atoms with Gasteiger partial charge in [0.05, 0.1) is 18.3 Å². The fraction of sp³-hybridized carbons (Fsp3) is 0.294. The standard InChI is InChI=1S/C17H18FN2O2P/c18-14-8-10-17(11-9-14)22-23(21)19-12-4-7-16(19)13-20(23)15-5-2-1-3-6-15/h1-3,5-6,8-11,16H,4,7,12-13H2/t16-,23?/m0/s1. The van der Waals surface area contributed by atoms with E-state index in [0.717, 1.165) is 25.1 Å². The van der Waals surface area contributed by atoms with E-state index in [2.05, 4.69) is 0 Å². The molecule has 2 saturated heterocycles. The topological polar surface area (TPSA) is 38.8 Å². The fourth-order valence-corrected chi connectivity index (χ4v) is 6.06. The molecule has 0 radical (unpaired) electrons. The lowest BCUT2D eigenvalue weighted by atomic mass is 10.2. The maximum absolute atomic E-state index is 13.7. The number of fused-ring (bicyclic) bond motifs is 1. The number of halogens is 1. The van der Waals surface area contributed by atoms with Crippen molar-refractivity contribution in [3.05, 3.63) is 60.4 Å². The summed E-state index contributed by atoms with van der Waals surface area (Å²) in [6.45, 7) is 1.47. The van der Waals surface area contributed by atoms with E-state index in [1.165, 1.54) is 24.3 Å². The minimum atomic E-state index is -3.20. The molecule has 120 valence electrons. The smallest absolute Gasteiger partial charge is 0.326 e. The third-order valence-corrected chi connectivity index (χ3v) is 7.08. The van der Waals surface area contributed by atoms with Gasteiger partial charge in [-0.05, 0) is 49.2 Å². The van der Waals surface area contributed by atoms with Crippen LogP contribution in [0.25, 0.3) is 0 Å². The number of nitrogens with zero attached hydrogens (tertiary/aromatic N) is 2. The Kier molecular flexibility index (Phi) is 3.72. The quantitative estimate of drug-likeness (QED) is 0.809. The van der Waals surface area contributed by atoms with Gasteiger partial charge in [0.1, 0.15) is 5.82 Å². The van der Waals surface area contributed by atoms with Crippen molar-refractivity contribution in [2.45, 2.75) is 18.9 Å². The molecule has 0 aliphatic carbocycles. The predicted molar refractivity (Wildman–Crippen MR) is 87.5 cm³/mol. The van der Waals surface area contributed by atoms with Gasteiger partial charge in [-0.25, -0.2) is 9.06 Å². The summed E-state index contributed by atoms with van der Waals surface area (Å²) in [4.78, 5) is 13.7. The Morgan fingerprint density at radius 2 is 1.83 bits per heavy atom. The molecule has 2 aliphatic heterocycles. The molecule has 0 bridgehead atoms. The zero-order valence-electron chi connectivity index (χ0n) is 12.6. The van der Waals surface area contributed by atoms with E-state index in [4.69, 9.17) is 4.52 Å². The zero-order chi connectivity index (χ0) is 15.9. The number of rotatable bonds is 3. The lowest BCUT2D eigenvalue weighted by molar-refractivity contribution is -0.197. The molecule has 6 heteroatoms. The molecule has 0 amide bonds. The van der Waals surface area contributed by atoms with E-state index < -0.39 is 8.02 Å². The van der Waals surface area contributed by atoms with Crippen LogP contribution < -0.4 is 14.1 Å². The Labute approximate surface area is 135 Å². The van der Waals surface area contributed by atoms with E-state index in [0.29, 0.717) is 12.3 Å².